The maximum absolute atomic E-state index is 6.11. The van der Waals surface area contributed by atoms with Crippen LogP contribution in [0.25, 0.3) is 11.1 Å². The van der Waals surface area contributed by atoms with Gasteiger partial charge in [-0.3, -0.25) is 0 Å². The summed E-state index contributed by atoms with van der Waals surface area (Å²) in [5, 5.41) is 4.46. The van der Waals surface area contributed by atoms with Gasteiger partial charge in [0.25, 0.3) is 0 Å². The van der Waals surface area contributed by atoms with Crippen LogP contribution in [0.5, 0.6) is 0 Å². The molecular formula is C12H11ClN2O. The Bertz CT molecular complexity index is 548. The summed E-state index contributed by atoms with van der Waals surface area (Å²) in [5.74, 6) is 0.358. The molecule has 1 aromatic heterocycles. The molecule has 0 aliphatic heterocycles. The quantitative estimate of drug-likeness (QED) is 0.825. The predicted octanol–water partition coefficient (Wildman–Crippen LogP) is 3.07. The molecule has 0 bridgehead atoms. The van der Waals surface area contributed by atoms with Crippen LogP contribution in [0.3, 0.4) is 0 Å². The first-order valence-electron chi connectivity index (χ1n) is 5.27. The molecular weight excluding hydrogens is 224 g/mol. The van der Waals surface area contributed by atoms with Crippen LogP contribution in [-0.4, -0.2) is 5.16 Å². The number of rotatable bonds is 1. The molecule has 0 saturated heterocycles. The molecule has 3 nitrogen and oxygen atoms in total. The van der Waals surface area contributed by atoms with Crippen LogP contribution in [0.2, 0.25) is 5.02 Å². The maximum atomic E-state index is 6.11. The second-order valence-corrected chi connectivity index (χ2v) is 4.48. The molecule has 0 spiro atoms. The number of fused-ring (bicyclic) bond motifs is 1. The minimum absolute atomic E-state index is 0.358. The van der Waals surface area contributed by atoms with E-state index in [0.29, 0.717) is 5.88 Å². The summed E-state index contributed by atoms with van der Waals surface area (Å²) in [7, 11) is 0. The summed E-state index contributed by atoms with van der Waals surface area (Å²) in [6.45, 7) is 0. The molecule has 2 N–H and O–H groups in total. The lowest BCUT2D eigenvalue weighted by molar-refractivity contribution is 0.436. The zero-order valence-electron chi connectivity index (χ0n) is 8.66. The van der Waals surface area contributed by atoms with Crippen molar-refractivity contribution in [2.75, 3.05) is 5.73 Å². The molecule has 0 fully saturated rings. The number of aryl methyl sites for hydroxylation is 1. The third-order valence-electron chi connectivity index (χ3n) is 3.07. The zero-order chi connectivity index (χ0) is 11.1. The summed E-state index contributed by atoms with van der Waals surface area (Å²) in [5.41, 5.74) is 10.3. The number of nitrogens with zero attached hydrogens (tertiary/aromatic N) is 1. The second kappa shape index (κ2) is 3.52. The smallest absolute Gasteiger partial charge is 0.229 e. The Morgan fingerprint density at radius 1 is 1.25 bits per heavy atom. The van der Waals surface area contributed by atoms with Gasteiger partial charge in [0.2, 0.25) is 5.88 Å². The van der Waals surface area contributed by atoms with Crippen molar-refractivity contribution >= 4 is 17.5 Å². The van der Waals surface area contributed by atoms with Crippen LogP contribution >= 0.6 is 11.6 Å². The van der Waals surface area contributed by atoms with Crippen LogP contribution in [0.15, 0.2) is 22.9 Å². The van der Waals surface area contributed by atoms with Crippen LogP contribution in [0.1, 0.15) is 17.5 Å². The molecule has 1 heterocycles. The van der Waals surface area contributed by atoms with Crippen molar-refractivity contribution in [2.24, 2.45) is 0 Å². The molecule has 16 heavy (non-hydrogen) atoms. The Labute approximate surface area is 98.2 Å². The SMILES string of the molecule is Nc1oncc1-c1cc(Cl)cc2c1CCC2. The van der Waals surface area contributed by atoms with E-state index >= 15 is 0 Å². The number of hydrogen-bond acceptors (Lipinski definition) is 3. The first-order valence-corrected chi connectivity index (χ1v) is 5.65. The van der Waals surface area contributed by atoms with Crippen molar-refractivity contribution in [3.8, 4) is 11.1 Å². The largest absolute Gasteiger partial charge is 0.367 e. The van der Waals surface area contributed by atoms with Crippen LogP contribution in [0, 0.1) is 0 Å². The zero-order valence-corrected chi connectivity index (χ0v) is 9.42. The number of nitrogens with two attached hydrogens (primary N) is 1. The van der Waals surface area contributed by atoms with E-state index in [9.17, 15) is 0 Å². The normalized spacial score (nSPS) is 14.1. The van der Waals surface area contributed by atoms with Gasteiger partial charge in [-0.2, -0.15) is 0 Å². The minimum Gasteiger partial charge on any atom is -0.367 e. The highest BCUT2D eigenvalue weighted by atomic mass is 35.5. The number of nitrogen functional groups attached to an aromatic ring is 1. The van der Waals surface area contributed by atoms with Crippen molar-refractivity contribution < 1.29 is 4.52 Å². The van der Waals surface area contributed by atoms with Crippen molar-refractivity contribution in [1.82, 2.24) is 5.16 Å². The van der Waals surface area contributed by atoms with Gasteiger partial charge in [-0.15, -0.1) is 0 Å². The van der Waals surface area contributed by atoms with Gasteiger partial charge in [-0.25, -0.2) is 0 Å². The Balaban J connectivity index is 2.25. The van der Waals surface area contributed by atoms with Gasteiger partial charge >= 0.3 is 0 Å². The molecule has 1 aliphatic carbocycles. The Morgan fingerprint density at radius 3 is 2.88 bits per heavy atom. The summed E-state index contributed by atoms with van der Waals surface area (Å²) in [4.78, 5) is 0. The van der Waals surface area contributed by atoms with E-state index in [4.69, 9.17) is 21.9 Å². The van der Waals surface area contributed by atoms with E-state index in [-0.39, 0.29) is 0 Å². The Hall–Kier alpha value is -1.48. The average molecular weight is 235 g/mol. The molecule has 82 valence electrons. The van der Waals surface area contributed by atoms with E-state index < -0.39 is 0 Å². The molecule has 2 aromatic rings. The first-order chi connectivity index (χ1) is 7.75. The van der Waals surface area contributed by atoms with Gasteiger partial charge < -0.3 is 10.3 Å². The molecule has 4 heteroatoms. The van der Waals surface area contributed by atoms with Gasteiger partial charge in [0.15, 0.2) is 0 Å². The van der Waals surface area contributed by atoms with Crippen LogP contribution < -0.4 is 5.73 Å². The van der Waals surface area contributed by atoms with Gasteiger partial charge in [0.05, 0.1) is 11.8 Å². The van der Waals surface area contributed by atoms with E-state index in [0.717, 1.165) is 29.0 Å². The number of aromatic nitrogens is 1. The fourth-order valence-electron chi connectivity index (χ4n) is 2.36. The molecule has 3 rings (SSSR count). The number of hydrogen-bond donors (Lipinski definition) is 1. The highest BCUT2D eigenvalue weighted by Crippen LogP contribution is 2.37. The lowest BCUT2D eigenvalue weighted by Gasteiger charge is -2.07. The van der Waals surface area contributed by atoms with Gasteiger partial charge in [0.1, 0.15) is 0 Å². The second-order valence-electron chi connectivity index (χ2n) is 4.05. The van der Waals surface area contributed by atoms with E-state index in [1.807, 2.05) is 12.1 Å². The van der Waals surface area contributed by atoms with Crippen molar-refractivity contribution in [3.05, 3.63) is 34.5 Å². The minimum atomic E-state index is 0.358. The highest BCUT2D eigenvalue weighted by molar-refractivity contribution is 6.31. The number of halogens is 1. The van der Waals surface area contributed by atoms with E-state index in [1.165, 1.54) is 17.5 Å². The predicted molar refractivity (Wildman–Crippen MR) is 63.4 cm³/mol. The molecule has 0 unspecified atom stereocenters. The third-order valence-corrected chi connectivity index (χ3v) is 3.29. The average Bonchev–Trinajstić information content (AvgIpc) is 2.84. The van der Waals surface area contributed by atoms with E-state index in [1.54, 1.807) is 6.20 Å². The van der Waals surface area contributed by atoms with Gasteiger partial charge in [0, 0.05) is 5.02 Å². The van der Waals surface area contributed by atoms with Crippen molar-refractivity contribution in [2.45, 2.75) is 19.3 Å². The fourth-order valence-corrected chi connectivity index (χ4v) is 2.60. The van der Waals surface area contributed by atoms with Crippen molar-refractivity contribution in [3.63, 3.8) is 0 Å². The summed E-state index contributed by atoms with van der Waals surface area (Å²) in [6, 6.07) is 3.98. The van der Waals surface area contributed by atoms with Crippen molar-refractivity contribution in [1.29, 1.82) is 0 Å². The van der Waals surface area contributed by atoms with Gasteiger partial charge in [-0.05, 0) is 48.1 Å². The number of benzene rings is 1. The summed E-state index contributed by atoms with van der Waals surface area (Å²) in [6.07, 6.45) is 4.99. The highest BCUT2D eigenvalue weighted by Gasteiger charge is 2.19. The molecule has 0 saturated carbocycles. The Morgan fingerprint density at radius 2 is 2.12 bits per heavy atom. The number of anilines is 1. The summed E-state index contributed by atoms with van der Waals surface area (Å²) >= 11 is 6.11. The van der Waals surface area contributed by atoms with Gasteiger partial charge in [-0.1, -0.05) is 16.8 Å². The lowest BCUT2D eigenvalue weighted by atomic mass is 9.99. The summed E-state index contributed by atoms with van der Waals surface area (Å²) < 4.78 is 4.90. The van der Waals surface area contributed by atoms with E-state index in [2.05, 4.69) is 5.16 Å². The lowest BCUT2D eigenvalue weighted by Crippen LogP contribution is -1.91. The standard InChI is InChI=1S/C12H11ClN2O/c13-8-4-7-2-1-3-9(7)10(5-8)11-6-15-16-12(11)14/h4-6H,1-3,14H2. The first kappa shape index (κ1) is 9.73. The van der Waals surface area contributed by atoms with Crippen LogP contribution in [-0.2, 0) is 12.8 Å². The monoisotopic (exact) mass is 234 g/mol. The van der Waals surface area contributed by atoms with Crippen LogP contribution in [0.4, 0.5) is 5.88 Å². The third kappa shape index (κ3) is 1.39. The maximum Gasteiger partial charge on any atom is 0.229 e. The molecule has 1 aliphatic rings. The molecule has 0 amide bonds. The molecule has 0 atom stereocenters. The fraction of sp³-hybridized carbons (Fsp3) is 0.250. The topological polar surface area (TPSA) is 52.0 Å². The molecule has 1 aromatic carbocycles. The Kier molecular flexibility index (Phi) is 2.14. The molecule has 0 radical (unpaired) electrons.